The minimum absolute atomic E-state index is 0.0406. The maximum absolute atomic E-state index is 12.9. The van der Waals surface area contributed by atoms with Crippen LogP contribution < -0.4 is 5.30 Å². The van der Waals surface area contributed by atoms with Gasteiger partial charge in [0.2, 0.25) is 0 Å². The quantitative estimate of drug-likeness (QED) is 0.742. The molecule has 0 spiro atoms. The van der Waals surface area contributed by atoms with Crippen molar-refractivity contribution >= 4 is 12.9 Å². The van der Waals surface area contributed by atoms with Gasteiger partial charge in [-0.25, -0.2) is 8.78 Å². The first-order valence-electron chi connectivity index (χ1n) is 5.73. The lowest BCUT2D eigenvalue weighted by Gasteiger charge is -2.20. The van der Waals surface area contributed by atoms with Crippen LogP contribution in [0.3, 0.4) is 0 Å². The number of rotatable bonds is 6. The van der Waals surface area contributed by atoms with E-state index >= 15 is 0 Å². The topological polar surface area (TPSA) is 35.5 Å². The predicted molar refractivity (Wildman–Crippen MR) is 66.6 cm³/mol. The summed E-state index contributed by atoms with van der Waals surface area (Å²) >= 11 is 0. The smallest absolute Gasteiger partial charge is 0.305 e. The zero-order chi connectivity index (χ0) is 13.8. The number of alkyl halides is 2. The second kappa shape index (κ2) is 6.41. The van der Waals surface area contributed by atoms with Crippen molar-refractivity contribution in [3.63, 3.8) is 0 Å². The van der Waals surface area contributed by atoms with Gasteiger partial charge in [-0.1, -0.05) is 17.7 Å². The van der Waals surface area contributed by atoms with Gasteiger partial charge in [-0.05, 0) is 26.8 Å². The highest BCUT2D eigenvalue weighted by Crippen LogP contribution is 2.48. The lowest BCUT2D eigenvalue weighted by atomic mass is 10.1. The van der Waals surface area contributed by atoms with E-state index in [2.05, 4.69) is 0 Å². The largest absolute Gasteiger partial charge is 0.361 e. The summed E-state index contributed by atoms with van der Waals surface area (Å²) in [6, 6.07) is 4.25. The van der Waals surface area contributed by atoms with Crippen LogP contribution in [0.2, 0.25) is 0 Å². The molecule has 3 nitrogen and oxygen atoms in total. The van der Waals surface area contributed by atoms with Gasteiger partial charge < -0.3 is 9.05 Å². The van der Waals surface area contributed by atoms with Gasteiger partial charge in [-0.2, -0.15) is 0 Å². The summed E-state index contributed by atoms with van der Waals surface area (Å²) in [7, 11) is -3.67. The van der Waals surface area contributed by atoms with Crippen LogP contribution in [0, 0.1) is 6.92 Å². The molecule has 0 saturated carbocycles. The van der Waals surface area contributed by atoms with Crippen molar-refractivity contribution in [2.24, 2.45) is 0 Å². The molecular formula is C12H17F2O3P. The van der Waals surface area contributed by atoms with Crippen LogP contribution in [0.5, 0.6) is 0 Å². The average Bonchev–Trinajstić information content (AvgIpc) is 2.29. The lowest BCUT2D eigenvalue weighted by molar-refractivity contribution is 0.151. The van der Waals surface area contributed by atoms with Gasteiger partial charge in [0.15, 0.2) is 0 Å². The van der Waals surface area contributed by atoms with E-state index in [0.29, 0.717) is 0 Å². The third kappa shape index (κ3) is 3.37. The molecule has 1 aromatic rings. The normalized spacial score (nSPS) is 12.1. The molecule has 0 bridgehead atoms. The van der Waals surface area contributed by atoms with E-state index in [9.17, 15) is 13.3 Å². The van der Waals surface area contributed by atoms with Crippen molar-refractivity contribution in [3.05, 3.63) is 29.3 Å². The molecule has 1 aromatic carbocycles. The number of halogens is 2. The summed E-state index contributed by atoms with van der Waals surface area (Å²) in [6.45, 7) is 5.29. The second-order valence-electron chi connectivity index (χ2n) is 3.70. The Balaban J connectivity index is 3.34. The monoisotopic (exact) mass is 278 g/mol. The van der Waals surface area contributed by atoms with Crippen molar-refractivity contribution in [1.29, 1.82) is 0 Å². The Morgan fingerprint density at radius 3 is 2.22 bits per heavy atom. The van der Waals surface area contributed by atoms with E-state index < -0.39 is 14.0 Å². The predicted octanol–water partition coefficient (Wildman–Crippen LogP) is 3.82. The summed E-state index contributed by atoms with van der Waals surface area (Å²) in [6.07, 6.45) is -2.71. The molecule has 0 atom stereocenters. The van der Waals surface area contributed by atoms with Crippen LogP contribution in [0.1, 0.15) is 31.4 Å². The van der Waals surface area contributed by atoms with E-state index in [4.69, 9.17) is 9.05 Å². The van der Waals surface area contributed by atoms with E-state index in [1.807, 2.05) is 0 Å². The van der Waals surface area contributed by atoms with Gasteiger partial charge in [0.05, 0.1) is 18.5 Å². The summed E-state index contributed by atoms with van der Waals surface area (Å²) in [5, 5.41) is -0.0406. The van der Waals surface area contributed by atoms with Crippen molar-refractivity contribution in [3.8, 4) is 0 Å². The third-order valence-corrected chi connectivity index (χ3v) is 4.49. The number of benzene rings is 1. The van der Waals surface area contributed by atoms with E-state index in [-0.39, 0.29) is 24.1 Å². The van der Waals surface area contributed by atoms with Crippen molar-refractivity contribution in [1.82, 2.24) is 0 Å². The Bertz CT molecular complexity index is 439. The van der Waals surface area contributed by atoms with E-state index in [0.717, 1.165) is 5.56 Å². The van der Waals surface area contributed by atoms with Crippen LogP contribution in [0.25, 0.3) is 0 Å². The first-order valence-corrected chi connectivity index (χ1v) is 7.27. The van der Waals surface area contributed by atoms with Gasteiger partial charge in [0, 0.05) is 5.56 Å². The van der Waals surface area contributed by atoms with E-state index in [1.54, 1.807) is 26.8 Å². The van der Waals surface area contributed by atoms with Gasteiger partial charge in [0.1, 0.15) is 0 Å². The molecule has 0 aromatic heterocycles. The Morgan fingerprint density at radius 1 is 1.22 bits per heavy atom. The minimum atomic E-state index is -3.67. The molecule has 0 radical (unpaired) electrons. The fourth-order valence-corrected chi connectivity index (χ4v) is 3.47. The maximum atomic E-state index is 12.9. The Kier molecular flexibility index (Phi) is 5.45. The molecule has 18 heavy (non-hydrogen) atoms. The summed E-state index contributed by atoms with van der Waals surface area (Å²) in [4.78, 5) is 0. The lowest BCUT2D eigenvalue weighted by Crippen LogP contribution is -2.16. The molecule has 6 heteroatoms. The Morgan fingerprint density at radius 2 is 1.78 bits per heavy atom. The highest BCUT2D eigenvalue weighted by Gasteiger charge is 2.32. The van der Waals surface area contributed by atoms with Crippen LogP contribution in [0.4, 0.5) is 8.78 Å². The molecule has 0 aliphatic rings. The minimum Gasteiger partial charge on any atom is -0.305 e. The third-order valence-electron chi connectivity index (χ3n) is 2.31. The number of hydrogen-bond donors (Lipinski definition) is 0. The Hall–Kier alpha value is -0.770. The fourth-order valence-electron chi connectivity index (χ4n) is 1.59. The zero-order valence-electron chi connectivity index (χ0n) is 10.7. The van der Waals surface area contributed by atoms with Gasteiger partial charge in [-0.3, -0.25) is 4.57 Å². The van der Waals surface area contributed by atoms with Gasteiger partial charge >= 0.3 is 7.60 Å². The Labute approximate surface area is 106 Å². The van der Waals surface area contributed by atoms with Gasteiger partial charge in [-0.15, -0.1) is 0 Å². The molecular weight excluding hydrogens is 261 g/mol. The van der Waals surface area contributed by atoms with Gasteiger partial charge in [0.25, 0.3) is 6.43 Å². The number of hydrogen-bond acceptors (Lipinski definition) is 3. The first kappa shape index (κ1) is 15.3. The SMILES string of the molecule is CCOP(=O)(OCC)c1cc(C)ccc1C(F)F. The van der Waals surface area contributed by atoms with Crippen LogP contribution in [-0.2, 0) is 13.6 Å². The molecule has 0 aliphatic carbocycles. The summed E-state index contributed by atoms with van der Waals surface area (Å²) in [5.74, 6) is 0. The molecule has 0 unspecified atom stereocenters. The highest BCUT2D eigenvalue weighted by atomic mass is 31.2. The van der Waals surface area contributed by atoms with Crippen LogP contribution >= 0.6 is 7.60 Å². The molecule has 0 saturated heterocycles. The average molecular weight is 278 g/mol. The van der Waals surface area contributed by atoms with Crippen LogP contribution in [-0.4, -0.2) is 13.2 Å². The second-order valence-corrected chi connectivity index (χ2v) is 5.69. The molecule has 0 heterocycles. The van der Waals surface area contributed by atoms with Crippen LogP contribution in [0.15, 0.2) is 18.2 Å². The highest BCUT2D eigenvalue weighted by molar-refractivity contribution is 7.62. The fraction of sp³-hybridized carbons (Fsp3) is 0.500. The molecule has 102 valence electrons. The zero-order valence-corrected chi connectivity index (χ0v) is 11.5. The standard InChI is InChI=1S/C12H17F2O3P/c1-4-16-18(15,17-5-2)11-8-9(3)6-7-10(11)12(13)14/h6-8,12H,4-5H2,1-3H3. The number of aryl methyl sites for hydroxylation is 1. The molecule has 0 fully saturated rings. The molecule has 0 amide bonds. The molecule has 0 aliphatic heterocycles. The van der Waals surface area contributed by atoms with Crippen molar-refractivity contribution < 1.29 is 22.4 Å². The van der Waals surface area contributed by atoms with Crippen molar-refractivity contribution in [2.45, 2.75) is 27.2 Å². The molecule has 0 N–H and O–H groups in total. The maximum Gasteiger partial charge on any atom is 0.361 e. The van der Waals surface area contributed by atoms with Crippen molar-refractivity contribution in [2.75, 3.05) is 13.2 Å². The molecule has 1 rings (SSSR count). The van der Waals surface area contributed by atoms with E-state index in [1.165, 1.54) is 12.1 Å². The first-order chi connectivity index (χ1) is 8.44. The summed E-state index contributed by atoms with van der Waals surface area (Å²) in [5.41, 5.74) is 0.430. The summed E-state index contributed by atoms with van der Waals surface area (Å²) < 4.78 is 48.6.